The number of esters is 1. The molecule has 128 valence electrons. The number of carbonyl (C=O) groups is 2. The lowest BCUT2D eigenvalue weighted by Crippen LogP contribution is -2.24. The molecule has 0 unspecified atom stereocenters. The van der Waals surface area contributed by atoms with E-state index in [-0.39, 0.29) is 5.78 Å². The van der Waals surface area contributed by atoms with Crippen LogP contribution in [0.15, 0.2) is 53.1 Å². The highest BCUT2D eigenvalue weighted by atomic mass is 79.9. The molecule has 0 amide bonds. The number of ketones is 1. The number of aromatic nitrogens is 1. The highest BCUT2D eigenvalue weighted by molar-refractivity contribution is 9.10. The molecule has 0 bridgehead atoms. The van der Waals surface area contributed by atoms with Crippen molar-refractivity contribution in [3.63, 3.8) is 0 Å². The van der Waals surface area contributed by atoms with E-state index < -0.39 is 12.1 Å². The van der Waals surface area contributed by atoms with Gasteiger partial charge in [-0.3, -0.25) is 4.79 Å². The van der Waals surface area contributed by atoms with Gasteiger partial charge in [0.2, 0.25) is 5.78 Å². The number of Topliss-reactive ketones (excluding diaryl/α,β-unsaturated/α-hetero) is 1. The molecule has 5 nitrogen and oxygen atoms in total. The van der Waals surface area contributed by atoms with Gasteiger partial charge < -0.3 is 14.5 Å². The molecule has 1 heterocycles. The first-order valence-electron chi connectivity index (χ1n) is 7.66. The van der Waals surface area contributed by atoms with E-state index in [1.165, 1.54) is 7.11 Å². The third kappa shape index (κ3) is 3.44. The molecule has 0 saturated heterocycles. The summed E-state index contributed by atoms with van der Waals surface area (Å²) < 4.78 is 11.1. The van der Waals surface area contributed by atoms with E-state index in [0.29, 0.717) is 21.3 Å². The highest BCUT2D eigenvalue weighted by Gasteiger charge is 2.24. The number of hydrogen-bond donors (Lipinski definition) is 1. The summed E-state index contributed by atoms with van der Waals surface area (Å²) >= 11 is 3.31. The number of hydrogen-bond acceptors (Lipinski definition) is 4. The second kappa shape index (κ2) is 7.11. The van der Waals surface area contributed by atoms with Gasteiger partial charge in [0.05, 0.1) is 12.7 Å². The molecule has 0 aliphatic rings. The number of H-pyrrole nitrogens is 1. The lowest BCUT2D eigenvalue weighted by molar-refractivity contribution is 0.0318. The van der Waals surface area contributed by atoms with Gasteiger partial charge >= 0.3 is 5.97 Å². The molecule has 2 aromatic carbocycles. The second-order valence-corrected chi connectivity index (χ2v) is 6.36. The van der Waals surface area contributed by atoms with Crippen LogP contribution in [0, 0.1) is 0 Å². The molecule has 0 aliphatic carbocycles. The fourth-order valence-corrected chi connectivity index (χ4v) is 2.97. The normalized spacial score (nSPS) is 12.0. The predicted octanol–water partition coefficient (Wildman–Crippen LogP) is 4.37. The van der Waals surface area contributed by atoms with Gasteiger partial charge in [0.15, 0.2) is 6.10 Å². The molecule has 1 aromatic heterocycles. The van der Waals surface area contributed by atoms with Crippen molar-refractivity contribution in [1.29, 1.82) is 0 Å². The van der Waals surface area contributed by atoms with E-state index >= 15 is 0 Å². The van der Waals surface area contributed by atoms with Crippen molar-refractivity contribution in [2.24, 2.45) is 0 Å². The van der Waals surface area contributed by atoms with Crippen LogP contribution in [0.2, 0.25) is 0 Å². The SMILES string of the molecule is COc1ccc(Br)c(C(=O)O[C@@H](C)C(=O)c2c[nH]c3ccccc23)c1. The second-order valence-electron chi connectivity index (χ2n) is 5.51. The van der Waals surface area contributed by atoms with Gasteiger partial charge in [-0.05, 0) is 47.1 Å². The minimum atomic E-state index is -0.912. The van der Waals surface area contributed by atoms with Gasteiger partial charge in [-0.1, -0.05) is 18.2 Å². The van der Waals surface area contributed by atoms with Crippen LogP contribution in [0.5, 0.6) is 5.75 Å². The van der Waals surface area contributed by atoms with E-state index in [4.69, 9.17) is 9.47 Å². The molecular weight excluding hydrogens is 386 g/mol. The van der Waals surface area contributed by atoms with E-state index in [1.807, 2.05) is 24.3 Å². The Hall–Kier alpha value is -2.60. The van der Waals surface area contributed by atoms with E-state index in [0.717, 1.165) is 10.9 Å². The molecule has 25 heavy (non-hydrogen) atoms. The van der Waals surface area contributed by atoms with Crippen LogP contribution >= 0.6 is 15.9 Å². The summed E-state index contributed by atoms with van der Waals surface area (Å²) in [6.45, 7) is 1.57. The van der Waals surface area contributed by atoms with Crippen LogP contribution < -0.4 is 4.74 Å². The Bertz CT molecular complexity index is 948. The van der Waals surface area contributed by atoms with Gasteiger partial charge in [-0.2, -0.15) is 0 Å². The first kappa shape index (κ1) is 17.2. The molecule has 3 rings (SSSR count). The first-order chi connectivity index (χ1) is 12.0. The molecule has 0 aliphatic heterocycles. The summed E-state index contributed by atoms with van der Waals surface area (Å²) in [5.41, 5.74) is 1.67. The number of para-hydroxylation sites is 1. The van der Waals surface area contributed by atoms with Crippen molar-refractivity contribution in [1.82, 2.24) is 4.98 Å². The van der Waals surface area contributed by atoms with Crippen LogP contribution in [0.4, 0.5) is 0 Å². The van der Waals surface area contributed by atoms with E-state index in [2.05, 4.69) is 20.9 Å². The summed E-state index contributed by atoms with van der Waals surface area (Å²) in [6.07, 6.45) is 0.725. The van der Waals surface area contributed by atoms with Crippen molar-refractivity contribution in [2.45, 2.75) is 13.0 Å². The number of nitrogens with one attached hydrogen (secondary N) is 1. The Labute approximate surface area is 153 Å². The smallest absolute Gasteiger partial charge is 0.340 e. The fraction of sp³-hybridized carbons (Fsp3) is 0.158. The van der Waals surface area contributed by atoms with E-state index in [9.17, 15) is 9.59 Å². The number of halogens is 1. The number of fused-ring (bicyclic) bond motifs is 1. The summed E-state index contributed by atoms with van der Waals surface area (Å²) in [5, 5.41) is 0.804. The Morgan fingerprint density at radius 3 is 2.64 bits per heavy atom. The average Bonchev–Trinajstić information content (AvgIpc) is 3.05. The van der Waals surface area contributed by atoms with Crippen LogP contribution in [0.1, 0.15) is 27.6 Å². The van der Waals surface area contributed by atoms with Crippen LogP contribution in [0.25, 0.3) is 10.9 Å². The van der Waals surface area contributed by atoms with Crippen LogP contribution in [0.3, 0.4) is 0 Å². The Morgan fingerprint density at radius 2 is 1.88 bits per heavy atom. The minimum absolute atomic E-state index is 0.259. The quantitative estimate of drug-likeness (QED) is 0.509. The van der Waals surface area contributed by atoms with Crippen molar-refractivity contribution in [3.05, 3.63) is 64.3 Å². The van der Waals surface area contributed by atoms with E-state index in [1.54, 1.807) is 31.3 Å². The van der Waals surface area contributed by atoms with Gasteiger partial charge in [0, 0.05) is 27.1 Å². The summed E-state index contributed by atoms with van der Waals surface area (Å²) in [7, 11) is 1.52. The zero-order chi connectivity index (χ0) is 18.0. The number of methoxy groups -OCH3 is 1. The van der Waals surface area contributed by atoms with Gasteiger partial charge in [0.1, 0.15) is 5.75 Å². The van der Waals surface area contributed by atoms with Crippen LogP contribution in [-0.2, 0) is 4.74 Å². The fourth-order valence-electron chi connectivity index (χ4n) is 2.56. The van der Waals surface area contributed by atoms with Gasteiger partial charge in [-0.15, -0.1) is 0 Å². The topological polar surface area (TPSA) is 68.4 Å². The number of rotatable bonds is 5. The number of aromatic amines is 1. The Morgan fingerprint density at radius 1 is 1.12 bits per heavy atom. The summed E-state index contributed by atoms with van der Waals surface area (Å²) in [5.74, 6) is -0.318. The maximum atomic E-state index is 12.7. The zero-order valence-corrected chi connectivity index (χ0v) is 15.3. The third-order valence-electron chi connectivity index (χ3n) is 3.90. The third-order valence-corrected chi connectivity index (χ3v) is 4.59. The number of carbonyl (C=O) groups excluding carboxylic acids is 2. The predicted molar refractivity (Wildman–Crippen MR) is 98.2 cm³/mol. The lowest BCUT2D eigenvalue weighted by Gasteiger charge is -2.13. The molecule has 0 spiro atoms. The summed E-state index contributed by atoms with van der Waals surface area (Å²) in [6, 6.07) is 12.5. The molecule has 0 fully saturated rings. The molecular formula is C19H16BrNO4. The standard InChI is InChI=1S/C19H16BrNO4/c1-11(18(22)15-10-21-17-6-4-3-5-13(15)17)25-19(23)14-9-12(24-2)7-8-16(14)20/h3-11,21H,1-2H3/t11-/m0/s1. The first-order valence-corrected chi connectivity index (χ1v) is 8.45. The largest absolute Gasteiger partial charge is 0.497 e. The van der Waals surface area contributed by atoms with Crippen molar-refractivity contribution < 1.29 is 19.1 Å². The maximum absolute atomic E-state index is 12.7. The van der Waals surface area contributed by atoms with Crippen molar-refractivity contribution >= 4 is 38.6 Å². The number of ether oxygens (including phenoxy) is 2. The minimum Gasteiger partial charge on any atom is -0.497 e. The molecule has 1 atom stereocenters. The maximum Gasteiger partial charge on any atom is 0.340 e. The molecule has 0 radical (unpaired) electrons. The highest BCUT2D eigenvalue weighted by Crippen LogP contribution is 2.25. The van der Waals surface area contributed by atoms with Crippen molar-refractivity contribution in [2.75, 3.05) is 7.11 Å². The number of benzene rings is 2. The van der Waals surface area contributed by atoms with Crippen LogP contribution in [-0.4, -0.2) is 30.0 Å². The summed E-state index contributed by atoms with van der Waals surface area (Å²) in [4.78, 5) is 28.1. The molecule has 1 N–H and O–H groups in total. The molecule has 0 saturated carbocycles. The lowest BCUT2D eigenvalue weighted by atomic mass is 10.1. The van der Waals surface area contributed by atoms with Gasteiger partial charge in [0.25, 0.3) is 0 Å². The molecule has 6 heteroatoms. The van der Waals surface area contributed by atoms with Crippen molar-refractivity contribution in [3.8, 4) is 5.75 Å². The monoisotopic (exact) mass is 401 g/mol. The van der Waals surface area contributed by atoms with Gasteiger partial charge in [-0.25, -0.2) is 4.79 Å². The average molecular weight is 402 g/mol. The Kier molecular flexibility index (Phi) is 4.90. The zero-order valence-electron chi connectivity index (χ0n) is 13.7. The molecule has 3 aromatic rings. The Balaban J connectivity index is 1.81.